The van der Waals surface area contributed by atoms with Crippen LogP contribution in [0.4, 0.5) is 0 Å². The predicted octanol–water partition coefficient (Wildman–Crippen LogP) is 2.21. The second kappa shape index (κ2) is 9.27. The molecule has 0 saturated heterocycles. The second-order valence-corrected chi connectivity index (χ2v) is 2.01. The quantitative estimate of drug-likeness (QED) is 0.405. The minimum atomic E-state index is 0. The Morgan fingerprint density at radius 3 is 2.62 bits per heavy atom. The van der Waals surface area contributed by atoms with Crippen LogP contribution >= 0.6 is 0 Å². The third-order valence-electron chi connectivity index (χ3n) is 1.29. The molecule has 13 heavy (non-hydrogen) atoms. The van der Waals surface area contributed by atoms with E-state index in [1.54, 1.807) is 6.08 Å². The molecule has 0 aliphatic carbocycles. The van der Waals surface area contributed by atoms with Crippen LogP contribution in [0.15, 0.2) is 35.7 Å². The topological polar surface area (TPSA) is 31.2 Å². The summed E-state index contributed by atoms with van der Waals surface area (Å²) in [5.74, 6) is 0. The van der Waals surface area contributed by atoms with E-state index in [4.69, 9.17) is 4.79 Å². The maximum atomic E-state index is 7.75. The van der Waals surface area contributed by atoms with Gasteiger partial charge < -0.3 is 22.7 Å². The van der Waals surface area contributed by atoms with Gasteiger partial charge in [0, 0.05) is 0 Å². The average molecular weight is 263 g/mol. The number of nitrogens with zero attached hydrogens (tertiary/aromatic N) is 1. The molecule has 75 valence electrons. The van der Waals surface area contributed by atoms with E-state index in [1.807, 2.05) is 18.2 Å². The number of hydrogen-bond donors (Lipinski definition) is 0. The summed E-state index contributed by atoms with van der Waals surface area (Å²) in [6, 6.07) is 0. The van der Waals surface area contributed by atoms with Gasteiger partial charge >= 0.3 is 19.5 Å². The van der Waals surface area contributed by atoms with Crippen molar-refractivity contribution in [3.05, 3.63) is 54.9 Å². The van der Waals surface area contributed by atoms with Crippen LogP contribution in [-0.2, 0) is 24.3 Å². The van der Waals surface area contributed by atoms with E-state index >= 15 is 0 Å². The van der Waals surface area contributed by atoms with E-state index in [0.29, 0.717) is 0 Å². The van der Waals surface area contributed by atoms with Gasteiger partial charge in [0.2, 0.25) is 0 Å². The molecule has 0 saturated carbocycles. The summed E-state index contributed by atoms with van der Waals surface area (Å²) in [5, 5.41) is 4.23. The maximum absolute atomic E-state index is 7.75. The molecular weight excluding hydrogens is 251 g/mol. The zero-order chi connectivity index (χ0) is 9.40. The van der Waals surface area contributed by atoms with E-state index in [0.717, 1.165) is 17.8 Å². The summed E-state index contributed by atoms with van der Waals surface area (Å²) in [6.45, 7) is 10.6. The molecule has 1 rings (SSSR count). The van der Waals surface area contributed by atoms with Gasteiger partial charge in [-0.1, -0.05) is 12.2 Å². The first-order valence-electron chi connectivity index (χ1n) is 3.48. The molecule has 0 unspecified atom stereocenters. The zero-order valence-corrected chi connectivity index (χ0v) is 9.10. The Balaban J connectivity index is 0. The monoisotopic (exact) mass is 264 g/mol. The van der Waals surface area contributed by atoms with Crippen molar-refractivity contribution >= 4 is 6.79 Å². The molecule has 0 bridgehead atoms. The van der Waals surface area contributed by atoms with Gasteiger partial charge in [-0.05, 0) is 0 Å². The molecule has 0 amide bonds. The normalized spacial score (nSPS) is 16.1. The summed E-state index contributed by atoms with van der Waals surface area (Å²) in [5.41, 5.74) is 1.93. The van der Waals surface area contributed by atoms with Gasteiger partial charge in [0.1, 0.15) is 0 Å². The van der Waals surface area contributed by atoms with Crippen molar-refractivity contribution in [1.82, 2.24) is 0 Å². The van der Waals surface area contributed by atoms with Crippen LogP contribution in [-0.4, -0.2) is 6.79 Å². The summed E-state index contributed by atoms with van der Waals surface area (Å²) < 4.78 is 0. The van der Waals surface area contributed by atoms with E-state index in [1.165, 1.54) is 0 Å². The fourth-order valence-electron chi connectivity index (χ4n) is 0.751. The first-order chi connectivity index (χ1) is 5.86. The summed E-state index contributed by atoms with van der Waals surface area (Å²) in [6.07, 6.45) is 8.32. The Hall–Kier alpha value is -0.817. The standard InChI is InChI=1S/C9H10N.CHO.Ru.H/c1-3-8-6-5-7-9(4-2)10-8;1-2;;/h3,5-7H,1-2,4H2;1H;;/q-3;-1;;. The molecule has 0 aromatic heterocycles. The molecular formula is C10H12NORu-4. The van der Waals surface area contributed by atoms with E-state index in [-0.39, 0.29) is 19.5 Å². The van der Waals surface area contributed by atoms with Crippen LogP contribution in [0.1, 0.15) is 6.42 Å². The van der Waals surface area contributed by atoms with Gasteiger partial charge in [0.15, 0.2) is 0 Å². The predicted molar refractivity (Wildman–Crippen MR) is 52.1 cm³/mol. The molecule has 0 aromatic carbocycles. The summed E-state index contributed by atoms with van der Waals surface area (Å²) in [4.78, 5) is 7.75. The minimum absolute atomic E-state index is 0. The fourth-order valence-corrected chi connectivity index (χ4v) is 0.751. The van der Waals surface area contributed by atoms with Crippen LogP contribution in [0.5, 0.6) is 0 Å². The molecule has 1 heterocycles. The second-order valence-electron chi connectivity index (χ2n) is 2.01. The molecule has 0 aromatic rings. The van der Waals surface area contributed by atoms with Crippen LogP contribution in [0.2, 0.25) is 0 Å². The average Bonchev–Trinajstić information content (AvgIpc) is 2.21. The first-order valence-corrected chi connectivity index (χ1v) is 3.48. The van der Waals surface area contributed by atoms with Crippen LogP contribution < -0.4 is 0 Å². The summed E-state index contributed by atoms with van der Waals surface area (Å²) in [7, 11) is 0. The van der Waals surface area contributed by atoms with Crippen molar-refractivity contribution in [2.45, 2.75) is 6.42 Å². The Bertz CT molecular complexity index is 219. The van der Waals surface area contributed by atoms with Gasteiger partial charge in [-0.3, -0.25) is 6.79 Å². The Kier molecular flexibility index (Phi) is 10.5. The Labute approximate surface area is 92.5 Å². The molecule has 0 fully saturated rings. The van der Waals surface area contributed by atoms with Crippen molar-refractivity contribution in [2.24, 2.45) is 0 Å². The Morgan fingerprint density at radius 1 is 1.54 bits per heavy atom. The van der Waals surface area contributed by atoms with Gasteiger partial charge in [0.25, 0.3) is 0 Å². The molecule has 1 aliphatic heterocycles. The van der Waals surface area contributed by atoms with Crippen molar-refractivity contribution in [2.75, 3.05) is 0 Å². The van der Waals surface area contributed by atoms with Gasteiger partial charge in [-0.15, -0.1) is 0 Å². The van der Waals surface area contributed by atoms with Crippen LogP contribution in [0, 0.1) is 13.8 Å². The molecule has 0 atom stereocenters. The molecule has 1 aliphatic rings. The number of hydrogen-bond acceptors (Lipinski definition) is 1. The van der Waals surface area contributed by atoms with Gasteiger partial charge in [0.05, 0.1) is 0 Å². The van der Waals surface area contributed by atoms with E-state index in [9.17, 15) is 0 Å². The van der Waals surface area contributed by atoms with Crippen molar-refractivity contribution in [3.8, 4) is 0 Å². The fraction of sp³-hybridized carbons (Fsp3) is 0.100. The molecule has 0 spiro atoms. The SMILES string of the molecule is [CH-]=O.[CH2-]C=C1C=CC=C(C[CH2-])[N-]1.[RuH]. The van der Waals surface area contributed by atoms with Gasteiger partial charge in [-0.25, -0.2) is 18.7 Å². The molecule has 2 nitrogen and oxygen atoms in total. The summed E-state index contributed by atoms with van der Waals surface area (Å²) >= 11 is 0. The Morgan fingerprint density at radius 2 is 2.15 bits per heavy atom. The molecule has 0 radical (unpaired) electrons. The molecule has 0 N–H and O–H groups in total. The van der Waals surface area contributed by atoms with Crippen LogP contribution in [0.3, 0.4) is 0 Å². The third kappa shape index (κ3) is 5.43. The van der Waals surface area contributed by atoms with Crippen molar-refractivity contribution < 1.29 is 24.3 Å². The first kappa shape index (κ1) is 14.7. The number of allylic oxidation sites excluding steroid dienone is 5. The number of rotatable bonds is 1. The molecule has 3 heteroatoms. The van der Waals surface area contributed by atoms with Crippen molar-refractivity contribution in [1.29, 1.82) is 0 Å². The van der Waals surface area contributed by atoms with E-state index < -0.39 is 0 Å². The van der Waals surface area contributed by atoms with Crippen LogP contribution in [0.25, 0.3) is 5.32 Å². The van der Waals surface area contributed by atoms with Crippen molar-refractivity contribution in [3.63, 3.8) is 0 Å². The number of carbonyl (C=O) groups excluding carboxylic acids is 1. The van der Waals surface area contributed by atoms with E-state index in [2.05, 4.69) is 26.0 Å². The van der Waals surface area contributed by atoms with Gasteiger partial charge in [-0.2, -0.15) is 12.5 Å². The third-order valence-corrected chi connectivity index (χ3v) is 1.29. The zero-order valence-electron chi connectivity index (χ0n) is 7.24.